The minimum Gasteiger partial charge on any atom is -0.359 e. The van der Waals surface area contributed by atoms with Crippen molar-refractivity contribution in [3.8, 4) is 0 Å². The Labute approximate surface area is 215 Å². The minimum absolute atomic E-state index is 0.117. The highest BCUT2D eigenvalue weighted by Gasteiger charge is 2.72. The van der Waals surface area contributed by atoms with Crippen LogP contribution in [0.15, 0.2) is 30.4 Å². The zero-order valence-corrected chi connectivity index (χ0v) is 21.3. The largest absolute Gasteiger partial charge is 0.359 e. The molecule has 1 spiro atoms. The molecule has 2 saturated heterocycles. The van der Waals surface area contributed by atoms with Crippen LogP contribution in [0.25, 0.3) is 0 Å². The second-order valence-electron chi connectivity index (χ2n) is 10.0. The van der Waals surface area contributed by atoms with Crippen LogP contribution in [-0.4, -0.2) is 53.0 Å². The molecular weight excluding hydrogens is 489 g/mol. The van der Waals surface area contributed by atoms with E-state index < -0.39 is 29.6 Å². The van der Waals surface area contributed by atoms with E-state index in [4.69, 9.17) is 27.9 Å². The van der Waals surface area contributed by atoms with Crippen LogP contribution in [0.4, 0.5) is 5.69 Å². The molecule has 35 heavy (non-hydrogen) atoms. The van der Waals surface area contributed by atoms with Crippen molar-refractivity contribution < 1.29 is 19.1 Å². The molecule has 0 unspecified atom stereocenters. The van der Waals surface area contributed by atoms with Crippen LogP contribution in [-0.2, 0) is 19.1 Å². The summed E-state index contributed by atoms with van der Waals surface area (Å²) in [6, 6.07) is 4.18. The van der Waals surface area contributed by atoms with Gasteiger partial charge in [0.2, 0.25) is 17.7 Å². The molecule has 3 heterocycles. The van der Waals surface area contributed by atoms with E-state index in [1.54, 1.807) is 23.1 Å². The van der Waals surface area contributed by atoms with Gasteiger partial charge >= 0.3 is 0 Å². The van der Waals surface area contributed by atoms with Crippen LogP contribution < -0.4 is 10.6 Å². The molecule has 1 aromatic carbocycles. The molecule has 4 aliphatic rings. The van der Waals surface area contributed by atoms with Crippen molar-refractivity contribution >= 4 is 46.6 Å². The fourth-order valence-corrected chi connectivity index (χ4v) is 6.46. The number of ether oxygens (including phenoxy) is 1. The lowest BCUT2D eigenvalue weighted by Gasteiger charge is -2.34. The lowest BCUT2D eigenvalue weighted by Crippen LogP contribution is -2.56. The summed E-state index contributed by atoms with van der Waals surface area (Å²) >= 11 is 12.1. The van der Waals surface area contributed by atoms with Crippen LogP contribution in [0.1, 0.15) is 51.9 Å². The maximum atomic E-state index is 13.8. The van der Waals surface area contributed by atoms with Gasteiger partial charge in [0.25, 0.3) is 0 Å². The van der Waals surface area contributed by atoms with Crippen LogP contribution >= 0.6 is 23.2 Å². The number of carbonyl (C=O) groups excluding carboxylic acids is 3. The smallest absolute Gasteiger partial charge is 0.246 e. The molecule has 1 saturated carbocycles. The molecule has 1 aliphatic carbocycles. The van der Waals surface area contributed by atoms with E-state index in [0.29, 0.717) is 22.3 Å². The molecule has 5 atom stereocenters. The van der Waals surface area contributed by atoms with Crippen molar-refractivity contribution in [1.82, 2.24) is 10.2 Å². The number of nitrogens with one attached hydrogen (secondary N) is 2. The van der Waals surface area contributed by atoms with Crippen molar-refractivity contribution in [2.75, 3.05) is 11.9 Å². The Balaban J connectivity index is 1.42. The number of hydrogen-bond acceptors (Lipinski definition) is 4. The molecule has 9 heteroatoms. The Morgan fingerprint density at radius 1 is 1.14 bits per heavy atom. The normalized spacial score (nSPS) is 31.6. The van der Waals surface area contributed by atoms with E-state index in [-0.39, 0.29) is 23.8 Å². The number of carbonyl (C=O) groups is 3. The van der Waals surface area contributed by atoms with Gasteiger partial charge < -0.3 is 20.3 Å². The van der Waals surface area contributed by atoms with Gasteiger partial charge in [-0.3, -0.25) is 14.4 Å². The number of halogens is 2. The van der Waals surface area contributed by atoms with E-state index in [1.807, 2.05) is 19.1 Å². The third-order valence-corrected chi connectivity index (χ3v) is 8.56. The highest BCUT2D eigenvalue weighted by atomic mass is 35.5. The van der Waals surface area contributed by atoms with E-state index >= 15 is 0 Å². The minimum atomic E-state index is -1.13. The molecule has 7 nitrogen and oxygen atoms in total. The van der Waals surface area contributed by atoms with Crippen LogP contribution in [0.2, 0.25) is 10.0 Å². The number of fused-ring (bicyclic) bond motifs is 1. The average Bonchev–Trinajstić information content (AvgIpc) is 3.48. The quantitative estimate of drug-likeness (QED) is 0.524. The summed E-state index contributed by atoms with van der Waals surface area (Å²) < 4.78 is 6.36. The highest BCUT2D eigenvalue weighted by Crippen LogP contribution is 2.55. The molecule has 2 N–H and O–H groups in total. The number of rotatable bonds is 7. The maximum Gasteiger partial charge on any atom is 0.246 e. The predicted octanol–water partition coefficient (Wildman–Crippen LogP) is 4.33. The lowest BCUT2D eigenvalue weighted by atomic mass is 9.74. The van der Waals surface area contributed by atoms with E-state index in [2.05, 4.69) is 10.6 Å². The number of benzene rings is 1. The van der Waals surface area contributed by atoms with Gasteiger partial charge in [-0.15, -0.1) is 0 Å². The van der Waals surface area contributed by atoms with Crippen LogP contribution in [0.3, 0.4) is 0 Å². The van der Waals surface area contributed by atoms with Crippen molar-refractivity contribution in [2.24, 2.45) is 11.8 Å². The van der Waals surface area contributed by atoms with Crippen molar-refractivity contribution in [3.63, 3.8) is 0 Å². The molecule has 2 bridgehead atoms. The number of nitrogens with zero attached hydrogens (tertiary/aromatic N) is 1. The molecule has 5 rings (SSSR count). The monoisotopic (exact) mass is 519 g/mol. The second-order valence-corrected chi connectivity index (χ2v) is 10.9. The number of amides is 3. The second kappa shape index (κ2) is 9.75. The van der Waals surface area contributed by atoms with Gasteiger partial charge in [-0.2, -0.15) is 0 Å². The van der Waals surface area contributed by atoms with Gasteiger partial charge in [-0.1, -0.05) is 68.0 Å². The SMILES string of the molecule is CCCCN1C(=O)[C@@H]2[C@@H](C(=O)Nc3ccc(Cl)c(Cl)c3)[C@@H]3C=C[C@@]2(O3)[C@H]1C(=O)NC1CCCCC1. The average molecular weight is 520 g/mol. The van der Waals surface area contributed by atoms with Gasteiger partial charge in [0.05, 0.1) is 28.0 Å². The Bertz CT molecular complexity index is 1060. The zero-order chi connectivity index (χ0) is 24.7. The summed E-state index contributed by atoms with van der Waals surface area (Å²) in [5.41, 5.74) is -0.640. The van der Waals surface area contributed by atoms with Crippen molar-refractivity contribution in [2.45, 2.75) is 75.7 Å². The third kappa shape index (κ3) is 4.25. The molecule has 0 aromatic heterocycles. The van der Waals surface area contributed by atoms with Crippen LogP contribution in [0, 0.1) is 11.8 Å². The zero-order valence-electron chi connectivity index (χ0n) is 19.8. The Kier molecular flexibility index (Phi) is 6.85. The Morgan fingerprint density at radius 3 is 2.63 bits per heavy atom. The summed E-state index contributed by atoms with van der Waals surface area (Å²) in [5, 5.41) is 6.78. The molecule has 1 aromatic rings. The van der Waals surface area contributed by atoms with Gasteiger partial charge in [-0.05, 0) is 37.5 Å². The molecule has 188 valence electrons. The topological polar surface area (TPSA) is 87.7 Å². The highest BCUT2D eigenvalue weighted by molar-refractivity contribution is 6.42. The molecule has 3 fully saturated rings. The number of anilines is 1. The summed E-state index contributed by atoms with van der Waals surface area (Å²) in [7, 11) is 0. The fourth-order valence-electron chi connectivity index (χ4n) is 6.16. The lowest BCUT2D eigenvalue weighted by molar-refractivity contribution is -0.141. The van der Waals surface area contributed by atoms with Gasteiger partial charge in [-0.25, -0.2) is 0 Å². The number of unbranched alkanes of at least 4 members (excludes halogenated alkanes) is 1. The van der Waals surface area contributed by atoms with Gasteiger partial charge in [0.1, 0.15) is 11.6 Å². The first-order valence-corrected chi connectivity index (χ1v) is 13.3. The Morgan fingerprint density at radius 2 is 1.91 bits per heavy atom. The van der Waals surface area contributed by atoms with Crippen LogP contribution in [0.5, 0.6) is 0 Å². The van der Waals surface area contributed by atoms with E-state index in [0.717, 1.165) is 38.5 Å². The first kappa shape index (κ1) is 24.6. The van der Waals surface area contributed by atoms with Crippen molar-refractivity contribution in [3.05, 3.63) is 40.4 Å². The van der Waals surface area contributed by atoms with E-state index in [9.17, 15) is 14.4 Å². The molecular formula is C26H31Cl2N3O4. The molecule has 3 aliphatic heterocycles. The van der Waals surface area contributed by atoms with Gasteiger partial charge in [0, 0.05) is 18.3 Å². The standard InChI is InChI=1S/C26H31Cl2N3O4/c1-2-3-13-31-22(24(33)29-15-7-5-4-6-8-15)26-12-11-19(35-26)20(21(26)25(31)34)23(32)30-16-9-10-17(27)18(28)14-16/h9-12,14-15,19-22H,2-8,13H2,1H3,(H,29,33)(H,30,32)/t19-,20-,21-,22+,26-/m0/s1. The Hall–Kier alpha value is -2.09. The number of likely N-dealkylation sites (tertiary alicyclic amines) is 1. The molecule has 3 amide bonds. The maximum absolute atomic E-state index is 13.8. The summed E-state index contributed by atoms with van der Waals surface area (Å²) in [5.74, 6) is -2.19. The first-order valence-electron chi connectivity index (χ1n) is 12.6. The predicted molar refractivity (Wildman–Crippen MR) is 134 cm³/mol. The third-order valence-electron chi connectivity index (χ3n) is 7.82. The summed E-state index contributed by atoms with van der Waals surface area (Å²) in [4.78, 5) is 42.5. The first-order chi connectivity index (χ1) is 16.9. The van der Waals surface area contributed by atoms with Crippen molar-refractivity contribution in [1.29, 1.82) is 0 Å². The summed E-state index contributed by atoms with van der Waals surface area (Å²) in [6.45, 7) is 2.51. The van der Waals surface area contributed by atoms with Gasteiger partial charge in [0.15, 0.2) is 0 Å². The summed E-state index contributed by atoms with van der Waals surface area (Å²) in [6.07, 6.45) is 10.0. The van der Waals surface area contributed by atoms with E-state index in [1.165, 1.54) is 6.42 Å². The number of hydrogen-bond donors (Lipinski definition) is 2. The molecule has 0 radical (unpaired) electrons. The fraction of sp³-hybridized carbons (Fsp3) is 0.577.